The first-order valence-electron chi connectivity index (χ1n) is 8.17. The number of amides is 1. The molecule has 0 spiro atoms. The Morgan fingerprint density at radius 1 is 1.35 bits per heavy atom. The van der Waals surface area contributed by atoms with Gasteiger partial charge in [0.15, 0.2) is 0 Å². The number of hydrogen-bond acceptors (Lipinski definition) is 6. The number of ether oxygens (including phenoxy) is 1. The quantitative estimate of drug-likeness (QED) is 0.715. The number of hydrogen-bond donors (Lipinski definition) is 3. The lowest BCUT2D eigenvalue weighted by Crippen LogP contribution is -2.54. The van der Waals surface area contributed by atoms with Gasteiger partial charge in [-0.1, -0.05) is 0 Å². The van der Waals surface area contributed by atoms with Crippen LogP contribution in [0, 0.1) is 12.7 Å². The van der Waals surface area contributed by atoms with E-state index in [1.165, 1.54) is 20.1 Å². The number of aryl methyl sites for hydroxylation is 1. The summed E-state index contributed by atoms with van der Waals surface area (Å²) in [6, 6.07) is 1.97. The van der Waals surface area contributed by atoms with Crippen LogP contribution in [0.3, 0.4) is 0 Å². The summed E-state index contributed by atoms with van der Waals surface area (Å²) >= 11 is 0. The molecule has 9 heteroatoms. The second-order valence-corrected chi connectivity index (χ2v) is 6.07. The van der Waals surface area contributed by atoms with Crippen molar-refractivity contribution in [2.75, 3.05) is 12.4 Å². The minimum atomic E-state index is -0.640. The fourth-order valence-electron chi connectivity index (χ4n) is 2.82. The lowest BCUT2D eigenvalue weighted by atomic mass is 10.1. The topological polar surface area (TPSA) is 97.3 Å². The van der Waals surface area contributed by atoms with E-state index >= 15 is 0 Å². The van der Waals surface area contributed by atoms with Crippen LogP contribution in [0.4, 0.5) is 10.1 Å². The Hall–Kier alpha value is -2.78. The summed E-state index contributed by atoms with van der Waals surface area (Å²) in [5.41, 5.74) is 6.49. The predicted molar refractivity (Wildman–Crippen MR) is 91.7 cm³/mol. The minimum absolute atomic E-state index is 0.0102. The molecule has 0 saturated carbocycles. The van der Waals surface area contributed by atoms with E-state index in [1.54, 1.807) is 12.5 Å². The zero-order valence-electron chi connectivity index (χ0n) is 14.5. The third kappa shape index (κ3) is 3.73. The summed E-state index contributed by atoms with van der Waals surface area (Å²) in [7, 11) is 1.23. The molecule has 2 aromatic rings. The molecule has 2 atom stereocenters. The van der Waals surface area contributed by atoms with Gasteiger partial charge in [0.2, 0.25) is 5.91 Å². The van der Waals surface area contributed by atoms with Crippen LogP contribution >= 0.6 is 0 Å². The molecule has 3 rings (SSSR count). The molecule has 2 unspecified atom stereocenters. The molecule has 26 heavy (non-hydrogen) atoms. The summed E-state index contributed by atoms with van der Waals surface area (Å²) in [5.74, 6) is -1.52. The molecule has 1 aliphatic heterocycles. The first-order chi connectivity index (χ1) is 12.5. The first kappa shape index (κ1) is 18.0. The second-order valence-electron chi connectivity index (χ2n) is 6.07. The zero-order chi connectivity index (χ0) is 18.7. The third-order valence-corrected chi connectivity index (χ3v) is 4.32. The van der Waals surface area contributed by atoms with Crippen molar-refractivity contribution in [3.05, 3.63) is 47.8 Å². The molecule has 138 valence electrons. The van der Waals surface area contributed by atoms with E-state index in [2.05, 4.69) is 21.2 Å². The van der Waals surface area contributed by atoms with Gasteiger partial charge >= 0.3 is 5.97 Å². The van der Waals surface area contributed by atoms with Gasteiger partial charge in [0, 0.05) is 12.4 Å². The highest BCUT2D eigenvalue weighted by molar-refractivity contribution is 6.02. The summed E-state index contributed by atoms with van der Waals surface area (Å²) in [4.78, 5) is 28.4. The number of esters is 1. The van der Waals surface area contributed by atoms with E-state index in [0.29, 0.717) is 18.4 Å². The lowest BCUT2D eigenvalue weighted by Gasteiger charge is -2.31. The van der Waals surface area contributed by atoms with Crippen molar-refractivity contribution in [2.24, 2.45) is 0 Å². The van der Waals surface area contributed by atoms with E-state index in [0.717, 1.165) is 6.07 Å². The van der Waals surface area contributed by atoms with Gasteiger partial charge in [0.1, 0.15) is 11.9 Å². The molecule has 1 aromatic heterocycles. The number of benzene rings is 1. The smallest absolute Gasteiger partial charge is 0.339 e. The zero-order valence-corrected chi connectivity index (χ0v) is 14.5. The number of halogens is 1. The van der Waals surface area contributed by atoms with Gasteiger partial charge in [-0.05, 0) is 37.5 Å². The van der Waals surface area contributed by atoms with Crippen LogP contribution in [-0.2, 0) is 9.53 Å². The molecule has 1 amide bonds. The Balaban J connectivity index is 1.69. The van der Waals surface area contributed by atoms with Crippen LogP contribution in [0.5, 0.6) is 0 Å². The average Bonchev–Trinajstić information content (AvgIpc) is 3.18. The highest BCUT2D eigenvalue weighted by Gasteiger charge is 2.27. The number of hydrazine groups is 1. The van der Waals surface area contributed by atoms with Gasteiger partial charge in [-0.15, -0.1) is 0 Å². The Morgan fingerprint density at radius 2 is 2.15 bits per heavy atom. The van der Waals surface area contributed by atoms with Crippen molar-refractivity contribution in [2.45, 2.75) is 32.0 Å². The number of carbonyl (C=O) groups is 2. The van der Waals surface area contributed by atoms with Crippen LogP contribution in [0.1, 0.15) is 34.9 Å². The van der Waals surface area contributed by atoms with Gasteiger partial charge in [0.25, 0.3) is 0 Å². The van der Waals surface area contributed by atoms with Crippen molar-refractivity contribution in [1.29, 1.82) is 0 Å². The van der Waals surface area contributed by atoms with Crippen LogP contribution in [0.25, 0.3) is 0 Å². The Kier molecular flexibility index (Phi) is 5.29. The molecule has 0 radical (unpaired) electrons. The summed E-state index contributed by atoms with van der Waals surface area (Å²) in [5, 5.41) is 2.61. The fourth-order valence-corrected chi connectivity index (χ4v) is 2.82. The van der Waals surface area contributed by atoms with Crippen molar-refractivity contribution in [3.63, 3.8) is 0 Å². The van der Waals surface area contributed by atoms with Gasteiger partial charge in [0.05, 0.1) is 30.9 Å². The SMILES string of the molecule is COC(=O)c1cc(C)c(F)cc1NC(=O)C1CCC(n2ccnc2)NN1. The first-order valence-corrected chi connectivity index (χ1v) is 8.17. The molecule has 1 aromatic carbocycles. The normalized spacial score (nSPS) is 19.8. The second kappa shape index (κ2) is 7.63. The van der Waals surface area contributed by atoms with Crippen LogP contribution in [0.15, 0.2) is 30.9 Å². The summed E-state index contributed by atoms with van der Waals surface area (Å²) in [6.45, 7) is 1.54. The molecule has 0 bridgehead atoms. The Labute approximate surface area is 149 Å². The molecule has 0 aliphatic carbocycles. The third-order valence-electron chi connectivity index (χ3n) is 4.32. The highest BCUT2D eigenvalue weighted by atomic mass is 19.1. The highest BCUT2D eigenvalue weighted by Crippen LogP contribution is 2.23. The maximum Gasteiger partial charge on any atom is 0.339 e. The molecule has 2 heterocycles. The van der Waals surface area contributed by atoms with E-state index in [-0.39, 0.29) is 23.3 Å². The number of carbonyl (C=O) groups excluding carboxylic acids is 2. The van der Waals surface area contributed by atoms with Crippen molar-refractivity contribution < 1.29 is 18.7 Å². The van der Waals surface area contributed by atoms with Crippen LogP contribution in [0.2, 0.25) is 0 Å². The molecular weight excluding hydrogens is 341 g/mol. The summed E-state index contributed by atoms with van der Waals surface area (Å²) < 4.78 is 20.5. The predicted octanol–water partition coefficient (Wildman–Crippen LogP) is 1.51. The maximum atomic E-state index is 13.9. The molecule has 3 N–H and O–H groups in total. The number of methoxy groups -OCH3 is 1. The number of nitrogens with zero attached hydrogens (tertiary/aromatic N) is 2. The standard InChI is InChI=1S/C17H20FN5O3/c1-10-7-11(17(25)26-2)14(8-12(10)18)20-16(24)13-3-4-15(22-21-13)23-6-5-19-9-23/h5-9,13,15,21-22H,3-4H2,1-2H3,(H,20,24). The number of nitrogens with one attached hydrogen (secondary N) is 3. The number of anilines is 1. The Bertz CT molecular complexity index is 801. The number of aromatic nitrogens is 2. The van der Waals surface area contributed by atoms with Gasteiger partial charge in [-0.2, -0.15) is 0 Å². The monoisotopic (exact) mass is 361 g/mol. The van der Waals surface area contributed by atoms with Gasteiger partial charge in [-0.3, -0.25) is 4.79 Å². The molecular formula is C17H20FN5O3. The van der Waals surface area contributed by atoms with E-state index < -0.39 is 17.8 Å². The number of imidazole rings is 1. The van der Waals surface area contributed by atoms with Gasteiger partial charge < -0.3 is 14.6 Å². The van der Waals surface area contributed by atoms with Crippen molar-refractivity contribution >= 4 is 17.6 Å². The van der Waals surface area contributed by atoms with Crippen LogP contribution in [-0.4, -0.2) is 34.6 Å². The van der Waals surface area contributed by atoms with Gasteiger partial charge in [-0.25, -0.2) is 25.0 Å². The molecule has 1 aliphatic rings. The van der Waals surface area contributed by atoms with Crippen molar-refractivity contribution in [3.8, 4) is 0 Å². The lowest BCUT2D eigenvalue weighted by molar-refractivity contribution is -0.119. The molecule has 8 nitrogen and oxygen atoms in total. The fraction of sp³-hybridized carbons (Fsp3) is 0.353. The summed E-state index contributed by atoms with van der Waals surface area (Å²) in [6.07, 6.45) is 6.45. The van der Waals surface area contributed by atoms with E-state index in [1.807, 2.05) is 10.8 Å². The number of rotatable bonds is 4. The van der Waals surface area contributed by atoms with Crippen molar-refractivity contribution in [1.82, 2.24) is 20.4 Å². The van der Waals surface area contributed by atoms with Crippen LogP contribution < -0.4 is 16.2 Å². The largest absolute Gasteiger partial charge is 0.465 e. The maximum absolute atomic E-state index is 13.9. The molecule has 1 saturated heterocycles. The minimum Gasteiger partial charge on any atom is -0.465 e. The van der Waals surface area contributed by atoms with E-state index in [4.69, 9.17) is 4.74 Å². The molecule has 1 fully saturated rings. The Morgan fingerprint density at radius 3 is 2.77 bits per heavy atom. The average molecular weight is 361 g/mol. The van der Waals surface area contributed by atoms with E-state index in [9.17, 15) is 14.0 Å².